The molecule has 0 aromatic carbocycles. The summed E-state index contributed by atoms with van der Waals surface area (Å²) in [6.45, 7) is 6.26. The van der Waals surface area contributed by atoms with Gasteiger partial charge in [-0.15, -0.1) is 11.3 Å². The lowest BCUT2D eigenvalue weighted by Gasteiger charge is -2.18. The van der Waals surface area contributed by atoms with E-state index in [2.05, 4.69) is 52.5 Å². The lowest BCUT2D eigenvalue weighted by molar-refractivity contribution is 0.534. The molecule has 4 heteroatoms. The lowest BCUT2D eigenvalue weighted by atomic mass is 10.1. The largest absolute Gasteiger partial charge is 0.304 e. The molecule has 92 valence electrons. The van der Waals surface area contributed by atoms with Gasteiger partial charge in [0.2, 0.25) is 0 Å². The number of hydrogen-bond acceptors (Lipinski definition) is 3. The zero-order chi connectivity index (χ0) is 12.1. The molecule has 0 aliphatic rings. The first-order valence-electron chi connectivity index (χ1n) is 6.15. The van der Waals surface area contributed by atoms with Gasteiger partial charge in [-0.1, -0.05) is 13.0 Å². The normalized spacial score (nSPS) is 12.8. The molecule has 3 nitrogen and oxygen atoms in total. The summed E-state index contributed by atoms with van der Waals surface area (Å²) in [7, 11) is 0. The molecule has 0 saturated heterocycles. The Morgan fingerprint density at radius 3 is 2.94 bits per heavy atom. The van der Waals surface area contributed by atoms with Gasteiger partial charge in [0.15, 0.2) is 0 Å². The van der Waals surface area contributed by atoms with Crippen LogP contribution in [0.3, 0.4) is 0 Å². The van der Waals surface area contributed by atoms with E-state index < -0.39 is 0 Å². The van der Waals surface area contributed by atoms with Crippen LogP contribution in [0.2, 0.25) is 0 Å². The Labute approximate surface area is 106 Å². The minimum Gasteiger partial charge on any atom is -0.304 e. The number of nitrogens with one attached hydrogen (secondary N) is 1. The fourth-order valence-electron chi connectivity index (χ4n) is 1.95. The number of hydrogen-bond donors (Lipinski definition) is 1. The topological polar surface area (TPSA) is 29.9 Å². The van der Waals surface area contributed by atoms with Crippen molar-refractivity contribution < 1.29 is 0 Å². The van der Waals surface area contributed by atoms with Gasteiger partial charge in [-0.25, -0.2) is 0 Å². The minimum atomic E-state index is 0.275. The first-order chi connectivity index (χ1) is 8.36. The van der Waals surface area contributed by atoms with E-state index in [1.54, 1.807) is 11.3 Å². The van der Waals surface area contributed by atoms with Gasteiger partial charge in [0.05, 0.1) is 11.7 Å². The molecule has 0 radical (unpaired) electrons. The Bertz CT molecular complexity index is 433. The quantitative estimate of drug-likeness (QED) is 0.852. The Kier molecular flexibility index (Phi) is 4.34. The van der Waals surface area contributed by atoms with Crippen molar-refractivity contribution >= 4 is 11.3 Å². The van der Waals surface area contributed by atoms with Crippen LogP contribution in [0, 0.1) is 0 Å². The van der Waals surface area contributed by atoms with Gasteiger partial charge in [-0.2, -0.15) is 5.10 Å². The lowest BCUT2D eigenvalue weighted by Crippen LogP contribution is -2.25. The van der Waals surface area contributed by atoms with Crippen molar-refractivity contribution in [2.45, 2.75) is 32.9 Å². The summed E-state index contributed by atoms with van der Waals surface area (Å²) < 4.78 is 2.06. The van der Waals surface area contributed by atoms with E-state index in [0.29, 0.717) is 0 Å². The smallest absolute Gasteiger partial charge is 0.0841 e. The van der Waals surface area contributed by atoms with E-state index in [1.165, 1.54) is 10.6 Å². The van der Waals surface area contributed by atoms with Crippen LogP contribution < -0.4 is 5.32 Å². The fourth-order valence-corrected chi connectivity index (χ4v) is 2.76. The maximum atomic E-state index is 4.35. The van der Waals surface area contributed by atoms with E-state index >= 15 is 0 Å². The third-order valence-electron chi connectivity index (χ3n) is 2.77. The third-order valence-corrected chi connectivity index (χ3v) is 3.71. The van der Waals surface area contributed by atoms with Crippen LogP contribution in [-0.2, 0) is 6.54 Å². The second kappa shape index (κ2) is 5.98. The van der Waals surface area contributed by atoms with Gasteiger partial charge in [0.1, 0.15) is 0 Å². The molecule has 17 heavy (non-hydrogen) atoms. The van der Waals surface area contributed by atoms with Crippen molar-refractivity contribution in [2.24, 2.45) is 0 Å². The first-order valence-corrected chi connectivity index (χ1v) is 7.03. The Morgan fingerprint density at radius 2 is 2.29 bits per heavy atom. The summed E-state index contributed by atoms with van der Waals surface area (Å²) in [6.07, 6.45) is 3.02. The van der Waals surface area contributed by atoms with E-state index in [-0.39, 0.29) is 6.04 Å². The maximum Gasteiger partial charge on any atom is 0.0841 e. The van der Waals surface area contributed by atoms with Crippen LogP contribution >= 0.6 is 11.3 Å². The molecule has 2 aromatic rings. The molecule has 0 aliphatic carbocycles. The van der Waals surface area contributed by atoms with Crippen molar-refractivity contribution in [1.29, 1.82) is 0 Å². The third kappa shape index (κ3) is 2.76. The zero-order valence-corrected chi connectivity index (χ0v) is 11.2. The monoisotopic (exact) mass is 249 g/mol. The van der Waals surface area contributed by atoms with Crippen molar-refractivity contribution in [2.75, 3.05) is 6.54 Å². The summed E-state index contributed by atoms with van der Waals surface area (Å²) in [5.41, 5.74) is 1.25. The van der Waals surface area contributed by atoms with Crippen LogP contribution in [0.5, 0.6) is 0 Å². The standard InChI is InChI=1S/C13H19N3S/c1-3-8-14-13(12-6-5-10-17-12)11-7-9-15-16(11)4-2/h5-7,9-10,13-14H,3-4,8H2,1-2H3. The molecule has 0 aliphatic heterocycles. The average Bonchev–Trinajstić information content (AvgIpc) is 3.00. The average molecular weight is 249 g/mol. The van der Waals surface area contributed by atoms with Crippen LogP contribution in [0.15, 0.2) is 29.8 Å². The molecule has 0 spiro atoms. The van der Waals surface area contributed by atoms with Crippen molar-refractivity contribution in [3.8, 4) is 0 Å². The molecule has 0 bridgehead atoms. The molecule has 0 fully saturated rings. The van der Waals surface area contributed by atoms with Gasteiger partial charge in [-0.05, 0) is 37.4 Å². The molecule has 2 aromatic heterocycles. The minimum absolute atomic E-state index is 0.275. The van der Waals surface area contributed by atoms with Gasteiger partial charge >= 0.3 is 0 Å². The molecule has 0 saturated carbocycles. The summed E-state index contributed by atoms with van der Waals surface area (Å²) in [5, 5.41) is 10.1. The maximum absolute atomic E-state index is 4.35. The predicted octanol–water partition coefficient (Wildman–Crippen LogP) is 3.05. The van der Waals surface area contributed by atoms with Crippen molar-refractivity contribution in [1.82, 2.24) is 15.1 Å². The van der Waals surface area contributed by atoms with Crippen molar-refractivity contribution in [3.63, 3.8) is 0 Å². The predicted molar refractivity (Wildman–Crippen MR) is 72.4 cm³/mol. The number of thiophene rings is 1. The highest BCUT2D eigenvalue weighted by Gasteiger charge is 2.17. The van der Waals surface area contributed by atoms with Gasteiger partial charge in [-0.3, -0.25) is 4.68 Å². The Hall–Kier alpha value is -1.13. The van der Waals surface area contributed by atoms with Crippen LogP contribution in [0.4, 0.5) is 0 Å². The zero-order valence-electron chi connectivity index (χ0n) is 10.4. The number of rotatable bonds is 6. The second-order valence-corrected chi connectivity index (χ2v) is 4.95. The molecule has 2 heterocycles. The van der Waals surface area contributed by atoms with E-state index in [0.717, 1.165) is 19.5 Å². The number of aryl methyl sites for hydroxylation is 1. The highest BCUT2D eigenvalue weighted by atomic mass is 32.1. The van der Waals surface area contributed by atoms with Gasteiger partial charge in [0.25, 0.3) is 0 Å². The number of aromatic nitrogens is 2. The van der Waals surface area contributed by atoms with E-state index in [4.69, 9.17) is 0 Å². The van der Waals surface area contributed by atoms with Crippen molar-refractivity contribution in [3.05, 3.63) is 40.3 Å². The highest BCUT2D eigenvalue weighted by Crippen LogP contribution is 2.25. The molecular weight excluding hydrogens is 230 g/mol. The van der Waals surface area contributed by atoms with Crippen LogP contribution in [0.25, 0.3) is 0 Å². The molecule has 0 amide bonds. The summed E-state index contributed by atoms with van der Waals surface area (Å²) in [5.74, 6) is 0. The molecule has 2 rings (SSSR count). The van der Waals surface area contributed by atoms with Gasteiger partial charge < -0.3 is 5.32 Å². The summed E-state index contributed by atoms with van der Waals surface area (Å²) >= 11 is 1.80. The van der Waals surface area contributed by atoms with Gasteiger partial charge in [0, 0.05) is 17.6 Å². The molecule has 1 unspecified atom stereocenters. The van der Waals surface area contributed by atoms with Crippen LogP contribution in [0.1, 0.15) is 36.9 Å². The Balaban J connectivity index is 2.27. The molecular formula is C13H19N3S. The van der Waals surface area contributed by atoms with Crippen LogP contribution in [-0.4, -0.2) is 16.3 Å². The Morgan fingerprint density at radius 1 is 1.41 bits per heavy atom. The molecule has 1 atom stereocenters. The molecule has 1 N–H and O–H groups in total. The van der Waals surface area contributed by atoms with E-state index in [9.17, 15) is 0 Å². The fraction of sp³-hybridized carbons (Fsp3) is 0.462. The first kappa shape index (κ1) is 12.3. The summed E-state index contributed by atoms with van der Waals surface area (Å²) in [6, 6.07) is 6.67. The SMILES string of the molecule is CCCNC(c1cccs1)c1ccnn1CC. The number of nitrogens with zero attached hydrogens (tertiary/aromatic N) is 2. The summed E-state index contributed by atoms with van der Waals surface area (Å²) in [4.78, 5) is 1.36. The highest BCUT2D eigenvalue weighted by molar-refractivity contribution is 7.10. The van der Waals surface area contributed by atoms with E-state index in [1.807, 2.05) is 6.20 Å². The second-order valence-electron chi connectivity index (χ2n) is 3.97.